The molecule has 0 aromatic heterocycles. The molecule has 2 aromatic carbocycles. The number of aliphatic hydroxyl groups excluding tert-OH is 1. The molecule has 0 spiro atoms. The Morgan fingerprint density at radius 2 is 1.95 bits per heavy atom. The third-order valence-electron chi connectivity index (χ3n) is 2.91. The molecule has 1 unspecified atom stereocenters. The molecule has 1 atom stereocenters. The van der Waals surface area contributed by atoms with Gasteiger partial charge in [-0.2, -0.15) is 0 Å². The van der Waals surface area contributed by atoms with Crippen LogP contribution < -0.4 is 5.32 Å². The van der Waals surface area contributed by atoms with Crippen molar-refractivity contribution in [3.05, 3.63) is 59.7 Å². The highest BCUT2D eigenvalue weighted by Crippen LogP contribution is 2.26. The van der Waals surface area contributed by atoms with E-state index in [4.69, 9.17) is 0 Å². The van der Waals surface area contributed by atoms with Crippen molar-refractivity contribution in [2.45, 2.75) is 11.0 Å². The lowest BCUT2D eigenvalue weighted by Gasteiger charge is -2.15. The van der Waals surface area contributed by atoms with Crippen LogP contribution in [0.15, 0.2) is 47.4 Å². The van der Waals surface area contributed by atoms with Crippen molar-refractivity contribution in [2.24, 2.45) is 0 Å². The number of aliphatic hydroxyl groups is 1. The van der Waals surface area contributed by atoms with Crippen molar-refractivity contribution >= 4 is 17.4 Å². The van der Waals surface area contributed by atoms with Gasteiger partial charge in [0.25, 0.3) is 0 Å². The minimum atomic E-state index is -1.04. The second-order valence-electron chi connectivity index (χ2n) is 4.26. The lowest BCUT2D eigenvalue weighted by molar-refractivity contribution is 0.186. The van der Waals surface area contributed by atoms with Crippen molar-refractivity contribution < 1.29 is 13.9 Å². The Morgan fingerprint density at radius 3 is 2.65 bits per heavy atom. The molecule has 0 saturated heterocycles. The van der Waals surface area contributed by atoms with Crippen molar-refractivity contribution in [2.75, 3.05) is 18.1 Å². The Labute approximate surface area is 120 Å². The Morgan fingerprint density at radius 1 is 1.20 bits per heavy atom. The summed E-state index contributed by atoms with van der Waals surface area (Å²) < 4.78 is 26.4. The van der Waals surface area contributed by atoms with Gasteiger partial charge >= 0.3 is 0 Å². The molecule has 0 radical (unpaired) electrons. The first kappa shape index (κ1) is 14.8. The van der Waals surface area contributed by atoms with E-state index in [2.05, 4.69) is 5.32 Å². The fraction of sp³-hybridized carbons (Fsp3) is 0.200. The number of nitrogens with one attached hydrogen (secondary N) is 1. The quantitative estimate of drug-likeness (QED) is 0.822. The molecule has 106 valence electrons. The average Bonchev–Trinajstić information content (AvgIpc) is 2.45. The minimum Gasteiger partial charge on any atom is -0.386 e. The third kappa shape index (κ3) is 3.49. The van der Waals surface area contributed by atoms with Crippen LogP contribution in [0.5, 0.6) is 0 Å². The van der Waals surface area contributed by atoms with Crippen molar-refractivity contribution in [1.29, 1.82) is 0 Å². The molecule has 2 nitrogen and oxygen atoms in total. The maximum Gasteiger partial charge on any atom is 0.131 e. The molecule has 20 heavy (non-hydrogen) atoms. The van der Waals surface area contributed by atoms with Gasteiger partial charge in [0.1, 0.15) is 11.6 Å². The van der Waals surface area contributed by atoms with Crippen LogP contribution in [0, 0.1) is 11.6 Å². The summed E-state index contributed by atoms with van der Waals surface area (Å²) in [7, 11) is 0. The van der Waals surface area contributed by atoms with Gasteiger partial charge in [-0.05, 0) is 24.5 Å². The summed E-state index contributed by atoms with van der Waals surface area (Å²) in [5, 5.41) is 13.1. The van der Waals surface area contributed by atoms with Gasteiger partial charge in [0, 0.05) is 28.8 Å². The van der Waals surface area contributed by atoms with E-state index in [0.717, 1.165) is 22.7 Å². The first-order valence-electron chi connectivity index (χ1n) is 6.11. The van der Waals surface area contributed by atoms with Crippen molar-refractivity contribution in [1.82, 2.24) is 0 Å². The lowest BCUT2D eigenvalue weighted by Crippen LogP contribution is -2.14. The van der Waals surface area contributed by atoms with E-state index in [1.807, 2.05) is 30.5 Å². The van der Waals surface area contributed by atoms with Crippen LogP contribution in [0.3, 0.4) is 0 Å². The van der Waals surface area contributed by atoms with E-state index in [1.165, 1.54) is 6.07 Å². The summed E-state index contributed by atoms with van der Waals surface area (Å²) in [6.07, 6.45) is 0.918. The number of halogens is 2. The zero-order chi connectivity index (χ0) is 14.5. The Balaban J connectivity index is 2.06. The van der Waals surface area contributed by atoms with Crippen LogP contribution >= 0.6 is 11.8 Å². The molecular weight excluding hydrogens is 280 g/mol. The predicted molar refractivity (Wildman–Crippen MR) is 78.0 cm³/mol. The number of hydrogen-bond acceptors (Lipinski definition) is 3. The van der Waals surface area contributed by atoms with Crippen LogP contribution in [0.4, 0.5) is 14.5 Å². The van der Waals surface area contributed by atoms with E-state index >= 15 is 0 Å². The monoisotopic (exact) mass is 295 g/mol. The third-order valence-corrected chi connectivity index (χ3v) is 3.71. The Hall–Kier alpha value is -1.59. The highest BCUT2D eigenvalue weighted by atomic mass is 32.2. The smallest absolute Gasteiger partial charge is 0.131 e. The predicted octanol–water partition coefficient (Wildman–Crippen LogP) is 3.83. The first-order chi connectivity index (χ1) is 9.61. The van der Waals surface area contributed by atoms with Crippen LogP contribution in [-0.4, -0.2) is 17.9 Å². The molecule has 0 aliphatic heterocycles. The molecule has 0 heterocycles. The number of hydrogen-bond donors (Lipinski definition) is 2. The maximum atomic E-state index is 13.5. The number of anilines is 1. The van der Waals surface area contributed by atoms with E-state index in [0.29, 0.717) is 0 Å². The van der Waals surface area contributed by atoms with E-state index in [-0.39, 0.29) is 12.1 Å². The molecule has 2 N–H and O–H groups in total. The van der Waals surface area contributed by atoms with Gasteiger partial charge in [-0.25, -0.2) is 8.78 Å². The van der Waals surface area contributed by atoms with Gasteiger partial charge in [-0.1, -0.05) is 18.2 Å². The summed E-state index contributed by atoms with van der Waals surface area (Å²) in [5.41, 5.74) is 0.960. The van der Waals surface area contributed by atoms with Gasteiger partial charge in [0.15, 0.2) is 0 Å². The molecule has 0 aliphatic rings. The number of thioether (sulfide) groups is 1. The summed E-state index contributed by atoms with van der Waals surface area (Å²) in [6, 6.07) is 10.8. The average molecular weight is 295 g/mol. The summed E-state index contributed by atoms with van der Waals surface area (Å²) in [6.45, 7) is 0.153. The molecule has 2 aromatic rings. The standard InChI is InChI=1S/C15H15F2NOS/c1-20-15-5-3-2-4-13(15)18-9-14(19)11-7-6-10(16)8-12(11)17/h2-8,14,18-19H,9H2,1H3. The van der Waals surface area contributed by atoms with Gasteiger partial charge in [-0.15, -0.1) is 11.8 Å². The molecule has 0 aliphatic carbocycles. The van der Waals surface area contributed by atoms with E-state index < -0.39 is 17.7 Å². The van der Waals surface area contributed by atoms with Crippen LogP contribution in [0.25, 0.3) is 0 Å². The number of benzene rings is 2. The second kappa shape index (κ2) is 6.72. The van der Waals surface area contributed by atoms with Gasteiger partial charge in [-0.3, -0.25) is 0 Å². The normalized spacial score (nSPS) is 12.2. The summed E-state index contributed by atoms with van der Waals surface area (Å²) >= 11 is 1.58. The molecular formula is C15H15F2NOS. The summed E-state index contributed by atoms with van der Waals surface area (Å²) in [5.74, 6) is -1.39. The molecule has 0 saturated carbocycles. The van der Waals surface area contributed by atoms with Crippen LogP contribution in [-0.2, 0) is 0 Å². The van der Waals surface area contributed by atoms with Gasteiger partial charge < -0.3 is 10.4 Å². The highest BCUT2D eigenvalue weighted by molar-refractivity contribution is 7.98. The summed E-state index contributed by atoms with van der Waals surface area (Å²) in [4.78, 5) is 1.04. The zero-order valence-electron chi connectivity index (χ0n) is 10.9. The van der Waals surface area contributed by atoms with Crippen molar-refractivity contribution in [3.8, 4) is 0 Å². The Bertz CT molecular complexity index is 592. The topological polar surface area (TPSA) is 32.3 Å². The number of para-hydroxylation sites is 1. The molecule has 0 fully saturated rings. The largest absolute Gasteiger partial charge is 0.386 e. The fourth-order valence-electron chi connectivity index (χ4n) is 1.88. The first-order valence-corrected chi connectivity index (χ1v) is 7.34. The second-order valence-corrected chi connectivity index (χ2v) is 5.11. The Kier molecular flexibility index (Phi) is 4.98. The minimum absolute atomic E-state index is 0.0838. The fourth-order valence-corrected chi connectivity index (χ4v) is 2.45. The zero-order valence-corrected chi connectivity index (χ0v) is 11.8. The lowest BCUT2D eigenvalue weighted by atomic mass is 10.1. The van der Waals surface area contributed by atoms with Gasteiger partial charge in [0.05, 0.1) is 6.10 Å². The van der Waals surface area contributed by atoms with E-state index in [1.54, 1.807) is 11.8 Å². The van der Waals surface area contributed by atoms with Crippen LogP contribution in [0.1, 0.15) is 11.7 Å². The highest BCUT2D eigenvalue weighted by Gasteiger charge is 2.13. The SMILES string of the molecule is CSc1ccccc1NCC(O)c1ccc(F)cc1F. The van der Waals surface area contributed by atoms with Gasteiger partial charge in [0.2, 0.25) is 0 Å². The number of rotatable bonds is 5. The molecule has 0 bridgehead atoms. The van der Waals surface area contributed by atoms with E-state index in [9.17, 15) is 13.9 Å². The molecule has 5 heteroatoms. The molecule has 0 amide bonds. The van der Waals surface area contributed by atoms with Crippen molar-refractivity contribution in [3.63, 3.8) is 0 Å². The molecule has 2 rings (SSSR count). The van der Waals surface area contributed by atoms with Crippen LogP contribution in [0.2, 0.25) is 0 Å². The maximum absolute atomic E-state index is 13.5.